The highest BCUT2D eigenvalue weighted by atomic mass is 35.5. The van der Waals surface area contributed by atoms with E-state index in [2.05, 4.69) is 16.8 Å². The van der Waals surface area contributed by atoms with E-state index >= 15 is 0 Å². The summed E-state index contributed by atoms with van der Waals surface area (Å²) < 4.78 is 0. The zero-order chi connectivity index (χ0) is 11.7. The lowest BCUT2D eigenvalue weighted by Gasteiger charge is -2.34. The average molecular weight is 257 g/mol. The fourth-order valence-electron chi connectivity index (χ4n) is 1.77. The van der Waals surface area contributed by atoms with Crippen molar-refractivity contribution < 1.29 is 0 Å². The van der Waals surface area contributed by atoms with Crippen LogP contribution in [0.3, 0.4) is 0 Å². The fourth-order valence-corrected chi connectivity index (χ4v) is 2.85. The molecule has 16 heavy (non-hydrogen) atoms. The van der Waals surface area contributed by atoms with E-state index in [1.807, 2.05) is 6.07 Å². The molecule has 1 fully saturated rings. The highest BCUT2D eigenvalue weighted by Gasteiger charge is 2.25. The largest absolute Gasteiger partial charge is 0.346 e. The first-order chi connectivity index (χ1) is 7.61. The van der Waals surface area contributed by atoms with Gasteiger partial charge in [0.2, 0.25) is 0 Å². The maximum absolute atomic E-state index is 8.82. The Balaban J connectivity index is 2.16. The molecule has 1 aliphatic heterocycles. The van der Waals surface area contributed by atoms with Crippen molar-refractivity contribution >= 4 is 28.1 Å². The second-order valence-electron chi connectivity index (χ2n) is 4.10. The number of hydrogen-bond acceptors (Lipinski definition) is 5. The van der Waals surface area contributed by atoms with Gasteiger partial charge in [0.1, 0.15) is 10.9 Å². The summed E-state index contributed by atoms with van der Waals surface area (Å²) >= 11 is 7.18. The molecule has 2 rings (SSSR count). The van der Waals surface area contributed by atoms with Crippen molar-refractivity contribution in [2.45, 2.75) is 19.4 Å². The van der Waals surface area contributed by atoms with Crippen LogP contribution in [0.2, 0.25) is 5.15 Å². The Bertz CT molecular complexity index is 425. The number of nitrogens with two attached hydrogens (primary N) is 1. The van der Waals surface area contributed by atoms with Gasteiger partial charge in [-0.1, -0.05) is 29.9 Å². The van der Waals surface area contributed by atoms with Gasteiger partial charge in [-0.25, -0.2) is 4.98 Å². The summed E-state index contributed by atoms with van der Waals surface area (Å²) in [5.74, 6) is 0.544. The summed E-state index contributed by atoms with van der Waals surface area (Å²) in [5, 5.41) is 9.93. The van der Waals surface area contributed by atoms with Gasteiger partial charge in [-0.05, 0) is 12.3 Å². The van der Waals surface area contributed by atoms with Gasteiger partial charge in [-0.15, -0.1) is 0 Å². The van der Waals surface area contributed by atoms with Crippen molar-refractivity contribution in [1.29, 1.82) is 5.26 Å². The quantitative estimate of drug-likeness (QED) is 0.833. The number of nitrogens with zero attached hydrogens (tertiary/aromatic N) is 3. The van der Waals surface area contributed by atoms with Gasteiger partial charge in [-0.2, -0.15) is 5.26 Å². The SMILES string of the molecule is CC1CCN(c2nc(Cl)c(C#N)s2)CC1N. The Morgan fingerprint density at radius 1 is 1.69 bits per heavy atom. The lowest BCUT2D eigenvalue weighted by molar-refractivity contribution is 0.379. The topological polar surface area (TPSA) is 65.9 Å². The Labute approximate surface area is 104 Å². The van der Waals surface area contributed by atoms with Crippen LogP contribution >= 0.6 is 22.9 Å². The smallest absolute Gasteiger partial charge is 0.188 e. The van der Waals surface area contributed by atoms with E-state index in [0.717, 1.165) is 24.6 Å². The van der Waals surface area contributed by atoms with Crippen molar-refractivity contribution in [3.63, 3.8) is 0 Å². The number of rotatable bonds is 1. The van der Waals surface area contributed by atoms with E-state index in [1.54, 1.807) is 0 Å². The minimum Gasteiger partial charge on any atom is -0.346 e. The molecule has 1 aliphatic rings. The molecule has 2 heterocycles. The zero-order valence-corrected chi connectivity index (χ0v) is 10.6. The molecule has 0 amide bonds. The lowest BCUT2D eigenvalue weighted by Crippen LogP contribution is -2.47. The van der Waals surface area contributed by atoms with Crippen LogP contribution in [-0.2, 0) is 0 Å². The fraction of sp³-hybridized carbons (Fsp3) is 0.600. The van der Waals surface area contributed by atoms with Gasteiger partial charge in [0.25, 0.3) is 0 Å². The molecule has 0 spiro atoms. The molecular weight excluding hydrogens is 244 g/mol. The summed E-state index contributed by atoms with van der Waals surface area (Å²) in [7, 11) is 0. The van der Waals surface area contributed by atoms with Gasteiger partial charge in [-0.3, -0.25) is 0 Å². The molecule has 2 unspecified atom stereocenters. The van der Waals surface area contributed by atoms with E-state index in [1.165, 1.54) is 11.3 Å². The van der Waals surface area contributed by atoms with Crippen LogP contribution < -0.4 is 10.6 Å². The molecule has 2 atom stereocenters. The molecule has 1 saturated heterocycles. The average Bonchev–Trinajstić information content (AvgIpc) is 2.64. The number of nitriles is 1. The molecule has 2 N–H and O–H groups in total. The molecule has 4 nitrogen and oxygen atoms in total. The maximum Gasteiger partial charge on any atom is 0.188 e. The number of hydrogen-bond donors (Lipinski definition) is 1. The highest BCUT2D eigenvalue weighted by molar-refractivity contribution is 7.16. The molecule has 0 bridgehead atoms. The van der Waals surface area contributed by atoms with E-state index in [4.69, 9.17) is 22.6 Å². The molecule has 0 aliphatic carbocycles. The third-order valence-electron chi connectivity index (χ3n) is 2.96. The Kier molecular flexibility index (Phi) is 3.33. The standard InChI is InChI=1S/C10H13ClN4S/c1-6-2-3-15(5-7(6)13)10-14-9(11)8(4-12)16-10/h6-7H,2-3,5,13H2,1H3. The predicted octanol–water partition coefficient (Wildman–Crippen LogP) is 1.84. The summed E-state index contributed by atoms with van der Waals surface area (Å²) in [5.41, 5.74) is 6.02. The summed E-state index contributed by atoms with van der Waals surface area (Å²) in [4.78, 5) is 6.79. The third-order valence-corrected chi connectivity index (χ3v) is 4.37. The molecule has 6 heteroatoms. The molecule has 0 saturated carbocycles. The Hall–Kier alpha value is -0.830. The van der Waals surface area contributed by atoms with Crippen LogP contribution in [-0.4, -0.2) is 24.1 Å². The number of anilines is 1. The molecular formula is C10H13ClN4S. The zero-order valence-electron chi connectivity index (χ0n) is 8.98. The summed E-state index contributed by atoms with van der Waals surface area (Å²) in [6, 6.07) is 2.21. The van der Waals surface area contributed by atoms with Gasteiger partial charge in [0, 0.05) is 19.1 Å². The maximum atomic E-state index is 8.82. The molecule has 0 radical (unpaired) electrons. The number of aromatic nitrogens is 1. The monoisotopic (exact) mass is 256 g/mol. The van der Waals surface area contributed by atoms with Gasteiger partial charge < -0.3 is 10.6 Å². The van der Waals surface area contributed by atoms with Crippen molar-refractivity contribution in [2.24, 2.45) is 11.7 Å². The number of piperidine rings is 1. The van der Waals surface area contributed by atoms with E-state index in [9.17, 15) is 0 Å². The molecule has 1 aromatic heterocycles. The van der Waals surface area contributed by atoms with Crippen LogP contribution in [0.4, 0.5) is 5.13 Å². The van der Waals surface area contributed by atoms with E-state index < -0.39 is 0 Å². The first-order valence-corrected chi connectivity index (χ1v) is 6.38. The van der Waals surface area contributed by atoms with Crippen molar-refractivity contribution in [1.82, 2.24) is 4.98 Å². The van der Waals surface area contributed by atoms with Crippen LogP contribution in [0.5, 0.6) is 0 Å². The van der Waals surface area contributed by atoms with Gasteiger partial charge in [0.15, 0.2) is 10.3 Å². The van der Waals surface area contributed by atoms with E-state index in [-0.39, 0.29) is 6.04 Å². The van der Waals surface area contributed by atoms with E-state index in [0.29, 0.717) is 15.9 Å². The van der Waals surface area contributed by atoms with Gasteiger partial charge in [0.05, 0.1) is 0 Å². The normalized spacial score (nSPS) is 25.5. The second kappa shape index (κ2) is 4.58. The third kappa shape index (κ3) is 2.14. The number of thiazole rings is 1. The minimum absolute atomic E-state index is 0.168. The lowest BCUT2D eigenvalue weighted by atomic mass is 9.95. The van der Waals surface area contributed by atoms with Crippen LogP contribution in [0.25, 0.3) is 0 Å². The molecule has 86 valence electrons. The summed E-state index contributed by atoms with van der Waals surface area (Å²) in [6.45, 7) is 3.89. The van der Waals surface area contributed by atoms with Crippen LogP contribution in [0.1, 0.15) is 18.2 Å². The highest BCUT2D eigenvalue weighted by Crippen LogP contribution is 2.31. The minimum atomic E-state index is 0.168. The first kappa shape index (κ1) is 11.6. The predicted molar refractivity (Wildman–Crippen MR) is 65.8 cm³/mol. The van der Waals surface area contributed by atoms with Gasteiger partial charge >= 0.3 is 0 Å². The van der Waals surface area contributed by atoms with Crippen LogP contribution in [0.15, 0.2) is 0 Å². The molecule has 1 aromatic rings. The van der Waals surface area contributed by atoms with Crippen LogP contribution in [0, 0.1) is 17.2 Å². The number of halogens is 1. The van der Waals surface area contributed by atoms with Crippen molar-refractivity contribution in [3.05, 3.63) is 10.0 Å². The first-order valence-electron chi connectivity index (χ1n) is 5.18. The second-order valence-corrected chi connectivity index (χ2v) is 5.44. The van der Waals surface area contributed by atoms with Crippen molar-refractivity contribution in [2.75, 3.05) is 18.0 Å². The van der Waals surface area contributed by atoms with Crippen molar-refractivity contribution in [3.8, 4) is 6.07 Å². The summed E-state index contributed by atoms with van der Waals surface area (Å²) in [6.07, 6.45) is 1.06. The Morgan fingerprint density at radius 3 is 3.00 bits per heavy atom. The Morgan fingerprint density at radius 2 is 2.44 bits per heavy atom. The molecule has 0 aromatic carbocycles.